The van der Waals surface area contributed by atoms with Crippen molar-refractivity contribution >= 4 is 11.6 Å². The van der Waals surface area contributed by atoms with E-state index in [1.807, 2.05) is 0 Å². The van der Waals surface area contributed by atoms with E-state index in [1.54, 1.807) is 0 Å². The highest BCUT2D eigenvalue weighted by molar-refractivity contribution is 5.87. The standard InChI is InChI=1S/C13H7F2N3O2/c14-8-1-2-10(15)9(3-8)11-4-12-16-5-7(13(19)20)6-18(12)17-11/h1-6H,(H,19,20). The fraction of sp³-hybridized carbons (Fsp3) is 0. The molecule has 0 radical (unpaired) electrons. The number of aromatic carboxylic acids is 1. The van der Waals surface area contributed by atoms with Gasteiger partial charge in [-0.3, -0.25) is 0 Å². The van der Waals surface area contributed by atoms with Gasteiger partial charge in [0, 0.05) is 24.0 Å². The van der Waals surface area contributed by atoms with Gasteiger partial charge in [0.05, 0.1) is 11.3 Å². The van der Waals surface area contributed by atoms with E-state index in [1.165, 1.54) is 23.0 Å². The van der Waals surface area contributed by atoms with Crippen LogP contribution in [0.25, 0.3) is 16.9 Å². The number of hydrogen-bond acceptors (Lipinski definition) is 3. The lowest BCUT2D eigenvalue weighted by atomic mass is 10.1. The Labute approximate surface area is 111 Å². The average molecular weight is 275 g/mol. The summed E-state index contributed by atoms with van der Waals surface area (Å²) in [6, 6.07) is 4.49. The highest BCUT2D eigenvalue weighted by Crippen LogP contribution is 2.23. The molecular weight excluding hydrogens is 268 g/mol. The van der Waals surface area contributed by atoms with Gasteiger partial charge in [0.15, 0.2) is 5.65 Å². The van der Waals surface area contributed by atoms with Gasteiger partial charge in [-0.25, -0.2) is 23.1 Å². The number of carbonyl (C=O) groups is 1. The Hall–Kier alpha value is -2.83. The molecule has 20 heavy (non-hydrogen) atoms. The normalized spacial score (nSPS) is 10.9. The van der Waals surface area contributed by atoms with Gasteiger partial charge in [-0.05, 0) is 18.2 Å². The molecule has 0 aliphatic heterocycles. The average Bonchev–Trinajstić information content (AvgIpc) is 2.83. The fourth-order valence-corrected chi connectivity index (χ4v) is 1.81. The molecule has 0 saturated heterocycles. The molecule has 7 heteroatoms. The summed E-state index contributed by atoms with van der Waals surface area (Å²) in [4.78, 5) is 14.7. The van der Waals surface area contributed by atoms with Gasteiger partial charge in [0.2, 0.25) is 0 Å². The molecule has 5 nitrogen and oxygen atoms in total. The smallest absolute Gasteiger partial charge is 0.338 e. The van der Waals surface area contributed by atoms with Gasteiger partial charge in [-0.1, -0.05) is 0 Å². The molecule has 0 saturated carbocycles. The molecule has 100 valence electrons. The molecule has 0 amide bonds. The maximum absolute atomic E-state index is 13.7. The van der Waals surface area contributed by atoms with E-state index in [-0.39, 0.29) is 16.8 Å². The van der Waals surface area contributed by atoms with Gasteiger partial charge in [0.25, 0.3) is 0 Å². The zero-order valence-electron chi connectivity index (χ0n) is 9.92. The summed E-state index contributed by atoms with van der Waals surface area (Å²) in [5, 5.41) is 12.9. The topological polar surface area (TPSA) is 67.5 Å². The van der Waals surface area contributed by atoms with Crippen LogP contribution in [0.4, 0.5) is 8.78 Å². The minimum atomic E-state index is -1.15. The Balaban J connectivity index is 2.17. The van der Waals surface area contributed by atoms with E-state index in [0.29, 0.717) is 5.65 Å². The number of nitrogens with zero attached hydrogens (tertiary/aromatic N) is 3. The lowest BCUT2D eigenvalue weighted by Gasteiger charge is -1.98. The van der Waals surface area contributed by atoms with Gasteiger partial charge >= 0.3 is 5.97 Å². The molecule has 0 unspecified atom stereocenters. The van der Waals surface area contributed by atoms with Crippen molar-refractivity contribution in [3.05, 3.63) is 53.9 Å². The molecule has 0 bridgehead atoms. The highest BCUT2D eigenvalue weighted by Gasteiger charge is 2.12. The minimum absolute atomic E-state index is 0.00706. The Morgan fingerprint density at radius 2 is 2.05 bits per heavy atom. The van der Waals surface area contributed by atoms with Crippen molar-refractivity contribution in [3.8, 4) is 11.3 Å². The van der Waals surface area contributed by atoms with Crippen LogP contribution >= 0.6 is 0 Å². The SMILES string of the molecule is O=C(O)c1cnc2cc(-c3cc(F)ccc3F)nn2c1. The second-order valence-corrected chi connectivity index (χ2v) is 4.10. The van der Waals surface area contributed by atoms with Crippen molar-refractivity contribution in [1.82, 2.24) is 14.6 Å². The van der Waals surface area contributed by atoms with Crippen LogP contribution in [-0.4, -0.2) is 25.7 Å². The molecule has 3 aromatic rings. The first-order chi connectivity index (χ1) is 9.54. The summed E-state index contributed by atoms with van der Waals surface area (Å²) in [5.41, 5.74) is 0.463. The van der Waals surface area contributed by atoms with Crippen LogP contribution in [0.15, 0.2) is 36.7 Å². The zero-order chi connectivity index (χ0) is 14.3. The molecular formula is C13H7F2N3O2. The molecule has 1 N–H and O–H groups in total. The summed E-state index contributed by atoms with van der Waals surface area (Å²) < 4.78 is 28.0. The van der Waals surface area contributed by atoms with Crippen LogP contribution in [0.3, 0.4) is 0 Å². The van der Waals surface area contributed by atoms with Crippen molar-refractivity contribution in [2.24, 2.45) is 0 Å². The number of carboxylic acids is 1. The number of carboxylic acid groups (broad SMARTS) is 1. The van der Waals surface area contributed by atoms with E-state index in [4.69, 9.17) is 5.11 Å². The monoisotopic (exact) mass is 275 g/mol. The van der Waals surface area contributed by atoms with Crippen LogP contribution in [0.5, 0.6) is 0 Å². The van der Waals surface area contributed by atoms with Crippen molar-refractivity contribution in [2.45, 2.75) is 0 Å². The van der Waals surface area contributed by atoms with Crippen molar-refractivity contribution in [2.75, 3.05) is 0 Å². The van der Waals surface area contributed by atoms with Gasteiger partial charge in [-0.15, -0.1) is 0 Å². The second-order valence-electron chi connectivity index (χ2n) is 4.10. The molecule has 0 fully saturated rings. The summed E-state index contributed by atoms with van der Waals surface area (Å²) in [7, 11) is 0. The maximum Gasteiger partial charge on any atom is 0.338 e. The highest BCUT2D eigenvalue weighted by atomic mass is 19.1. The van der Waals surface area contributed by atoms with E-state index in [0.717, 1.165) is 18.2 Å². The quantitative estimate of drug-likeness (QED) is 0.779. The molecule has 3 rings (SSSR count). The van der Waals surface area contributed by atoms with Crippen molar-refractivity contribution < 1.29 is 18.7 Å². The minimum Gasteiger partial charge on any atom is -0.478 e. The number of aromatic nitrogens is 3. The number of hydrogen-bond donors (Lipinski definition) is 1. The van der Waals surface area contributed by atoms with Crippen LogP contribution in [0.1, 0.15) is 10.4 Å². The first-order valence-corrected chi connectivity index (χ1v) is 5.59. The predicted molar refractivity (Wildman–Crippen MR) is 65.3 cm³/mol. The van der Waals surface area contributed by atoms with E-state index >= 15 is 0 Å². The van der Waals surface area contributed by atoms with E-state index in [9.17, 15) is 13.6 Å². The number of fused-ring (bicyclic) bond motifs is 1. The van der Waals surface area contributed by atoms with Crippen molar-refractivity contribution in [3.63, 3.8) is 0 Å². The third-order valence-corrected chi connectivity index (χ3v) is 2.76. The van der Waals surface area contributed by atoms with Crippen LogP contribution in [-0.2, 0) is 0 Å². The number of benzene rings is 1. The summed E-state index contributed by atoms with van der Waals surface area (Å²) in [6.45, 7) is 0. The van der Waals surface area contributed by atoms with E-state index < -0.39 is 17.6 Å². The van der Waals surface area contributed by atoms with Gasteiger partial charge in [-0.2, -0.15) is 5.10 Å². The third kappa shape index (κ3) is 1.99. The van der Waals surface area contributed by atoms with Crippen LogP contribution < -0.4 is 0 Å². The summed E-state index contributed by atoms with van der Waals surface area (Å²) in [6.07, 6.45) is 2.43. The Morgan fingerprint density at radius 3 is 2.80 bits per heavy atom. The van der Waals surface area contributed by atoms with E-state index in [2.05, 4.69) is 10.1 Å². The predicted octanol–water partition coefficient (Wildman–Crippen LogP) is 2.37. The summed E-state index contributed by atoms with van der Waals surface area (Å²) in [5.74, 6) is -2.35. The Kier molecular flexibility index (Phi) is 2.67. The first-order valence-electron chi connectivity index (χ1n) is 5.59. The largest absolute Gasteiger partial charge is 0.478 e. The second kappa shape index (κ2) is 4.37. The maximum atomic E-state index is 13.7. The molecule has 2 heterocycles. The summed E-state index contributed by atoms with van der Waals surface area (Å²) >= 11 is 0. The van der Waals surface area contributed by atoms with Gasteiger partial charge < -0.3 is 5.11 Å². The molecule has 0 atom stereocenters. The number of rotatable bonds is 2. The zero-order valence-corrected chi connectivity index (χ0v) is 9.92. The molecule has 2 aromatic heterocycles. The van der Waals surface area contributed by atoms with Crippen molar-refractivity contribution in [1.29, 1.82) is 0 Å². The van der Waals surface area contributed by atoms with Crippen LogP contribution in [0.2, 0.25) is 0 Å². The lowest BCUT2D eigenvalue weighted by Crippen LogP contribution is -2.01. The van der Waals surface area contributed by atoms with Gasteiger partial charge in [0.1, 0.15) is 11.6 Å². The third-order valence-electron chi connectivity index (χ3n) is 2.76. The molecule has 1 aromatic carbocycles. The molecule has 0 aliphatic carbocycles. The Bertz CT molecular complexity index is 830. The Morgan fingerprint density at radius 1 is 1.25 bits per heavy atom. The molecule has 0 spiro atoms. The lowest BCUT2D eigenvalue weighted by molar-refractivity contribution is 0.0695. The molecule has 0 aliphatic rings. The first kappa shape index (κ1) is 12.2. The number of halogens is 2. The van der Waals surface area contributed by atoms with Crippen LogP contribution in [0, 0.1) is 11.6 Å². The fourth-order valence-electron chi connectivity index (χ4n) is 1.81.